The maximum atomic E-state index is 4.28. The number of rotatable bonds is 4. The number of hydrogen-bond acceptors (Lipinski definition) is 0. The van der Waals surface area contributed by atoms with E-state index < -0.39 is 0 Å². The fraction of sp³-hybridized carbons (Fsp3) is 0.0270. The highest BCUT2D eigenvalue weighted by Crippen LogP contribution is 2.46. The van der Waals surface area contributed by atoms with E-state index >= 15 is 0 Å². The van der Waals surface area contributed by atoms with E-state index in [4.69, 9.17) is 0 Å². The summed E-state index contributed by atoms with van der Waals surface area (Å²) in [5.74, 6) is 0. The highest BCUT2D eigenvalue weighted by Gasteiger charge is 2.25. The zero-order chi connectivity index (χ0) is 26.1. The van der Waals surface area contributed by atoms with Crippen LogP contribution in [0.3, 0.4) is 0 Å². The minimum absolute atomic E-state index is 1.16. The van der Waals surface area contributed by atoms with E-state index in [2.05, 4.69) is 144 Å². The summed E-state index contributed by atoms with van der Waals surface area (Å²) in [6, 6.07) is 39.5. The first kappa shape index (κ1) is 22.0. The Morgan fingerprint density at radius 1 is 0.615 bits per heavy atom. The minimum Gasteiger partial charge on any atom is -0.309 e. The second-order valence-corrected chi connectivity index (χ2v) is 10.2. The predicted molar refractivity (Wildman–Crippen MR) is 168 cm³/mol. The molecule has 0 N–H and O–H groups in total. The molecule has 0 aliphatic carbocycles. The minimum atomic E-state index is 1.16. The molecule has 2 nitrogen and oxygen atoms in total. The predicted octanol–water partition coefficient (Wildman–Crippen LogP) is 10.1. The largest absolute Gasteiger partial charge is 0.309 e. The zero-order valence-corrected chi connectivity index (χ0v) is 21.7. The van der Waals surface area contributed by atoms with E-state index in [1.54, 1.807) is 0 Å². The van der Waals surface area contributed by atoms with Crippen LogP contribution in [0.5, 0.6) is 0 Å². The Morgan fingerprint density at radius 2 is 1.28 bits per heavy atom. The van der Waals surface area contributed by atoms with Gasteiger partial charge in [0.15, 0.2) is 0 Å². The van der Waals surface area contributed by atoms with Crippen molar-refractivity contribution < 1.29 is 0 Å². The van der Waals surface area contributed by atoms with Gasteiger partial charge in [-0.1, -0.05) is 97.6 Å². The van der Waals surface area contributed by atoms with Crippen LogP contribution in [0.2, 0.25) is 0 Å². The summed E-state index contributed by atoms with van der Waals surface area (Å²) in [5, 5.41) is 6.37. The van der Waals surface area contributed by atoms with Gasteiger partial charge in [0.05, 0.1) is 27.8 Å². The maximum Gasteiger partial charge on any atom is 0.0628 e. The summed E-state index contributed by atoms with van der Waals surface area (Å²) in [6.07, 6.45) is 6.38. The van der Waals surface area contributed by atoms with Gasteiger partial charge in [0.2, 0.25) is 0 Å². The Labute approximate surface area is 226 Å². The van der Waals surface area contributed by atoms with Crippen LogP contribution < -0.4 is 0 Å². The van der Waals surface area contributed by atoms with Crippen molar-refractivity contribution in [3.05, 3.63) is 133 Å². The maximum absolute atomic E-state index is 4.28. The highest BCUT2D eigenvalue weighted by molar-refractivity contribution is 6.31. The van der Waals surface area contributed by atoms with Crippen LogP contribution in [-0.4, -0.2) is 8.97 Å². The van der Waals surface area contributed by atoms with Gasteiger partial charge in [0.1, 0.15) is 0 Å². The average molecular weight is 499 g/mol. The molecule has 0 fully saturated rings. The molecule has 0 bridgehead atoms. The third-order valence-corrected chi connectivity index (χ3v) is 8.14. The van der Waals surface area contributed by atoms with Crippen molar-refractivity contribution in [3.63, 3.8) is 0 Å². The number of hydrogen-bond donors (Lipinski definition) is 0. The highest BCUT2D eigenvalue weighted by atomic mass is 15.0. The van der Waals surface area contributed by atoms with Gasteiger partial charge in [-0.05, 0) is 54.5 Å². The van der Waals surface area contributed by atoms with E-state index in [1.165, 1.54) is 71.4 Å². The molecule has 2 heteroatoms. The first-order chi connectivity index (χ1) is 19.3. The van der Waals surface area contributed by atoms with Gasteiger partial charge in [0.25, 0.3) is 0 Å². The lowest BCUT2D eigenvalue weighted by atomic mass is 10.0. The number of nitrogens with zero attached hydrogens (tertiary/aromatic N) is 2. The summed E-state index contributed by atoms with van der Waals surface area (Å²) in [6.45, 7) is 6.37. The Morgan fingerprint density at radius 3 is 2.03 bits per heavy atom. The summed E-state index contributed by atoms with van der Waals surface area (Å²) in [7, 11) is 0. The van der Waals surface area contributed by atoms with Crippen LogP contribution in [0, 0.1) is 0 Å². The lowest BCUT2D eigenvalue weighted by Gasteiger charge is -2.10. The molecular weight excluding hydrogens is 472 g/mol. The summed E-state index contributed by atoms with van der Waals surface area (Å²) in [5.41, 5.74) is 10.9. The van der Waals surface area contributed by atoms with Gasteiger partial charge in [-0.15, -0.1) is 0 Å². The molecule has 39 heavy (non-hydrogen) atoms. The van der Waals surface area contributed by atoms with Gasteiger partial charge in [-0.25, -0.2) is 0 Å². The number of fused-ring (bicyclic) bond motifs is 7. The molecular formula is C37H26N2. The second-order valence-electron chi connectivity index (χ2n) is 10.2. The van der Waals surface area contributed by atoms with Gasteiger partial charge in [0, 0.05) is 38.2 Å². The molecule has 0 amide bonds. The molecule has 0 aliphatic rings. The average Bonchev–Trinajstić information content (AvgIpc) is 3.61. The SMILES string of the molecule is C=Cc1c(/C=C\C)n2c3ccccc3c3cc4c(c5ccccc5n4-c4ccc(-c5ccccc5)cc4)c1c32. The Balaban J connectivity index is 1.55. The van der Waals surface area contributed by atoms with Crippen molar-refractivity contribution in [2.24, 2.45) is 0 Å². The molecule has 0 radical (unpaired) electrons. The molecule has 0 aliphatic heterocycles. The summed E-state index contributed by atoms with van der Waals surface area (Å²) >= 11 is 0. The van der Waals surface area contributed by atoms with E-state index in [1.807, 2.05) is 6.08 Å². The van der Waals surface area contributed by atoms with Crippen LogP contribution in [0.4, 0.5) is 0 Å². The van der Waals surface area contributed by atoms with E-state index in [0.717, 1.165) is 5.69 Å². The molecule has 0 saturated heterocycles. The van der Waals surface area contributed by atoms with Crippen LogP contribution in [0.25, 0.3) is 78.0 Å². The van der Waals surface area contributed by atoms with Crippen LogP contribution in [-0.2, 0) is 0 Å². The molecule has 8 aromatic rings. The Bertz CT molecular complexity index is 2220. The molecule has 3 aromatic heterocycles. The Kier molecular flexibility index (Phi) is 4.62. The summed E-state index contributed by atoms with van der Waals surface area (Å²) < 4.78 is 4.85. The van der Waals surface area contributed by atoms with Crippen molar-refractivity contribution in [1.29, 1.82) is 0 Å². The van der Waals surface area contributed by atoms with Crippen molar-refractivity contribution in [2.45, 2.75) is 6.92 Å². The van der Waals surface area contributed by atoms with Gasteiger partial charge in [-0.3, -0.25) is 0 Å². The molecule has 8 rings (SSSR count). The van der Waals surface area contributed by atoms with Crippen LogP contribution >= 0.6 is 0 Å². The fourth-order valence-corrected chi connectivity index (χ4v) is 6.57. The van der Waals surface area contributed by atoms with Gasteiger partial charge in [-0.2, -0.15) is 0 Å². The van der Waals surface area contributed by atoms with E-state index in [-0.39, 0.29) is 0 Å². The van der Waals surface area contributed by atoms with Crippen molar-refractivity contribution in [2.75, 3.05) is 0 Å². The smallest absolute Gasteiger partial charge is 0.0628 e. The molecule has 0 atom stereocenters. The first-order valence-corrected chi connectivity index (χ1v) is 13.5. The van der Waals surface area contributed by atoms with E-state index in [0.29, 0.717) is 0 Å². The van der Waals surface area contributed by atoms with Crippen molar-refractivity contribution in [1.82, 2.24) is 8.97 Å². The van der Waals surface area contributed by atoms with E-state index in [9.17, 15) is 0 Å². The quantitative estimate of drug-likeness (QED) is 0.228. The molecule has 5 aromatic carbocycles. The van der Waals surface area contributed by atoms with Crippen LogP contribution in [0.15, 0.2) is 122 Å². The lowest BCUT2D eigenvalue weighted by molar-refractivity contribution is 1.18. The number of benzene rings is 5. The third-order valence-electron chi connectivity index (χ3n) is 8.14. The van der Waals surface area contributed by atoms with Gasteiger partial charge >= 0.3 is 0 Å². The number of allylic oxidation sites excluding steroid dienone is 1. The van der Waals surface area contributed by atoms with Crippen molar-refractivity contribution >= 4 is 61.1 Å². The second kappa shape index (κ2) is 8.21. The molecule has 184 valence electrons. The topological polar surface area (TPSA) is 9.34 Å². The number of para-hydroxylation sites is 2. The standard InChI is InChI=1S/C37H26N2/c1-3-12-31-27(4-2)36-35-29-16-9-11-18-33(29)38(26-21-19-25(20-22-26)24-13-6-5-7-14-24)34(35)23-30-28-15-8-10-17-32(28)39(31)37(30)36/h3-23H,2H2,1H3/b12-3-. The molecule has 3 heterocycles. The molecule has 0 saturated carbocycles. The summed E-state index contributed by atoms with van der Waals surface area (Å²) in [4.78, 5) is 0. The lowest BCUT2D eigenvalue weighted by Crippen LogP contribution is -1.93. The van der Waals surface area contributed by atoms with Gasteiger partial charge < -0.3 is 8.97 Å². The molecule has 0 spiro atoms. The normalized spacial score (nSPS) is 12.2. The van der Waals surface area contributed by atoms with Crippen molar-refractivity contribution in [3.8, 4) is 16.8 Å². The number of aromatic nitrogens is 2. The zero-order valence-electron chi connectivity index (χ0n) is 21.7. The molecule has 0 unspecified atom stereocenters. The Hall–Kier alpha value is -5.08. The van der Waals surface area contributed by atoms with Crippen LogP contribution in [0.1, 0.15) is 18.2 Å². The monoisotopic (exact) mass is 498 g/mol. The first-order valence-electron chi connectivity index (χ1n) is 13.5. The third kappa shape index (κ3) is 2.91. The fourth-order valence-electron chi connectivity index (χ4n) is 6.57.